The molecule has 0 saturated heterocycles. The molecule has 0 unspecified atom stereocenters. The fourth-order valence-electron chi connectivity index (χ4n) is 2.22. The van der Waals surface area contributed by atoms with E-state index in [1.165, 1.54) is 6.33 Å². The van der Waals surface area contributed by atoms with Crippen LogP contribution in [0.5, 0.6) is 0 Å². The average molecular weight is 263 g/mol. The number of hydrogen-bond donors (Lipinski definition) is 2. The Kier molecular flexibility index (Phi) is 2.17. The van der Waals surface area contributed by atoms with Crippen LogP contribution in [-0.4, -0.2) is 24.9 Å². The Hall–Kier alpha value is -3.02. The van der Waals surface area contributed by atoms with Crippen molar-refractivity contribution in [3.63, 3.8) is 0 Å². The van der Waals surface area contributed by atoms with Gasteiger partial charge in [-0.05, 0) is 24.3 Å². The minimum Gasteiger partial charge on any atom is -0.338 e. The molecule has 0 amide bonds. The number of benzene rings is 1. The summed E-state index contributed by atoms with van der Waals surface area (Å²) >= 11 is 0. The zero-order valence-corrected chi connectivity index (χ0v) is 10.3. The molecule has 1 aromatic carbocycles. The Morgan fingerprint density at radius 1 is 1.05 bits per heavy atom. The number of aromatic nitrogens is 5. The van der Waals surface area contributed by atoms with Crippen molar-refractivity contribution < 1.29 is 0 Å². The monoisotopic (exact) mass is 263 g/mol. The third-order valence-electron chi connectivity index (χ3n) is 3.20. The summed E-state index contributed by atoms with van der Waals surface area (Å²) in [6, 6.07) is 7.33. The first kappa shape index (κ1) is 10.9. The second-order valence-electron chi connectivity index (χ2n) is 4.44. The fraction of sp³-hybridized carbons (Fsp3) is 0. The van der Waals surface area contributed by atoms with Crippen LogP contribution in [0.1, 0.15) is 0 Å². The summed E-state index contributed by atoms with van der Waals surface area (Å²) in [6.07, 6.45) is 4.82. The third kappa shape index (κ3) is 1.58. The standard InChI is InChI=1S/C14H9N5O/c20-14-9-5-11-12(6-10(9)16-7-17-14)19-13(18-11)8-1-3-15-4-2-8/h1-7H,(H,18,19)(H,16,17,20). The summed E-state index contributed by atoms with van der Waals surface area (Å²) in [5.74, 6) is 0.745. The van der Waals surface area contributed by atoms with Crippen LogP contribution in [0, 0.1) is 0 Å². The molecule has 0 atom stereocenters. The molecule has 3 aromatic heterocycles. The lowest BCUT2D eigenvalue weighted by molar-refractivity contribution is 1.17. The maximum Gasteiger partial charge on any atom is 0.258 e. The Labute approximate surface area is 112 Å². The van der Waals surface area contributed by atoms with Crippen molar-refractivity contribution in [1.29, 1.82) is 0 Å². The Bertz CT molecular complexity index is 971. The lowest BCUT2D eigenvalue weighted by Gasteiger charge is -1.94. The fourth-order valence-corrected chi connectivity index (χ4v) is 2.22. The van der Waals surface area contributed by atoms with Gasteiger partial charge < -0.3 is 9.97 Å². The first-order valence-corrected chi connectivity index (χ1v) is 6.09. The van der Waals surface area contributed by atoms with Gasteiger partial charge in [0.1, 0.15) is 5.82 Å². The summed E-state index contributed by atoms with van der Waals surface area (Å²) in [7, 11) is 0. The van der Waals surface area contributed by atoms with Gasteiger partial charge in [-0.2, -0.15) is 0 Å². The molecule has 0 aliphatic carbocycles. The van der Waals surface area contributed by atoms with E-state index < -0.39 is 0 Å². The van der Waals surface area contributed by atoms with Gasteiger partial charge in [-0.25, -0.2) is 9.97 Å². The molecule has 3 heterocycles. The summed E-state index contributed by atoms with van der Waals surface area (Å²) in [4.78, 5) is 30.2. The van der Waals surface area contributed by atoms with Gasteiger partial charge in [0, 0.05) is 18.0 Å². The quantitative estimate of drug-likeness (QED) is 0.548. The van der Waals surface area contributed by atoms with E-state index in [2.05, 4.69) is 24.9 Å². The second-order valence-corrected chi connectivity index (χ2v) is 4.44. The zero-order valence-electron chi connectivity index (χ0n) is 10.3. The van der Waals surface area contributed by atoms with Crippen LogP contribution in [0.4, 0.5) is 0 Å². The van der Waals surface area contributed by atoms with Crippen molar-refractivity contribution in [2.75, 3.05) is 0 Å². The number of hydrogen-bond acceptors (Lipinski definition) is 4. The lowest BCUT2D eigenvalue weighted by atomic mass is 10.2. The number of aromatic amines is 2. The number of pyridine rings is 1. The Morgan fingerprint density at radius 2 is 1.90 bits per heavy atom. The van der Waals surface area contributed by atoms with E-state index in [-0.39, 0.29) is 5.56 Å². The van der Waals surface area contributed by atoms with Gasteiger partial charge in [0.15, 0.2) is 0 Å². The number of fused-ring (bicyclic) bond motifs is 2. The molecule has 96 valence electrons. The van der Waals surface area contributed by atoms with Gasteiger partial charge in [-0.15, -0.1) is 0 Å². The van der Waals surface area contributed by atoms with E-state index in [0.29, 0.717) is 10.9 Å². The molecule has 0 fully saturated rings. The van der Waals surface area contributed by atoms with E-state index >= 15 is 0 Å². The normalized spacial score (nSPS) is 11.2. The maximum absolute atomic E-state index is 11.8. The highest BCUT2D eigenvalue weighted by atomic mass is 16.1. The van der Waals surface area contributed by atoms with Crippen LogP contribution >= 0.6 is 0 Å². The number of imidazole rings is 1. The minimum absolute atomic E-state index is 0.156. The summed E-state index contributed by atoms with van der Waals surface area (Å²) in [5, 5.41) is 0.546. The first-order chi connectivity index (χ1) is 9.81. The van der Waals surface area contributed by atoms with Crippen molar-refractivity contribution in [2.24, 2.45) is 0 Å². The summed E-state index contributed by atoms with van der Waals surface area (Å²) in [6.45, 7) is 0. The van der Waals surface area contributed by atoms with Gasteiger partial charge in [0.2, 0.25) is 0 Å². The molecule has 6 nitrogen and oxygen atoms in total. The van der Waals surface area contributed by atoms with Gasteiger partial charge in [0.05, 0.1) is 28.3 Å². The summed E-state index contributed by atoms with van der Waals surface area (Å²) < 4.78 is 0. The van der Waals surface area contributed by atoms with Gasteiger partial charge >= 0.3 is 0 Å². The van der Waals surface area contributed by atoms with Crippen molar-refractivity contribution >= 4 is 21.9 Å². The highest BCUT2D eigenvalue weighted by Gasteiger charge is 2.08. The predicted molar refractivity (Wildman–Crippen MR) is 75.2 cm³/mol. The third-order valence-corrected chi connectivity index (χ3v) is 3.20. The minimum atomic E-state index is -0.156. The highest BCUT2D eigenvalue weighted by Crippen LogP contribution is 2.22. The molecule has 0 aliphatic heterocycles. The number of nitrogens with zero attached hydrogens (tertiary/aromatic N) is 3. The first-order valence-electron chi connectivity index (χ1n) is 6.09. The molecule has 0 radical (unpaired) electrons. The molecule has 4 rings (SSSR count). The zero-order chi connectivity index (χ0) is 13.5. The SMILES string of the molecule is O=c1[nH]cnc2cc3nc(-c4ccncc4)[nH]c3cc12. The highest BCUT2D eigenvalue weighted by molar-refractivity contribution is 5.93. The lowest BCUT2D eigenvalue weighted by Crippen LogP contribution is -2.05. The molecule has 20 heavy (non-hydrogen) atoms. The van der Waals surface area contributed by atoms with E-state index in [9.17, 15) is 4.79 Å². The molecular weight excluding hydrogens is 254 g/mol. The largest absolute Gasteiger partial charge is 0.338 e. The number of rotatable bonds is 1. The molecule has 0 bridgehead atoms. The van der Waals surface area contributed by atoms with Crippen molar-refractivity contribution in [1.82, 2.24) is 24.9 Å². The molecule has 6 heteroatoms. The van der Waals surface area contributed by atoms with E-state index in [1.54, 1.807) is 24.5 Å². The van der Waals surface area contributed by atoms with Crippen LogP contribution in [0.15, 0.2) is 47.8 Å². The van der Waals surface area contributed by atoms with E-state index in [4.69, 9.17) is 0 Å². The van der Waals surface area contributed by atoms with Crippen molar-refractivity contribution in [3.05, 3.63) is 53.3 Å². The molecule has 4 aromatic rings. The van der Waals surface area contributed by atoms with Crippen LogP contribution < -0.4 is 5.56 Å². The molecule has 2 N–H and O–H groups in total. The van der Waals surface area contributed by atoms with E-state index in [0.717, 1.165) is 22.4 Å². The molecule has 0 aliphatic rings. The van der Waals surface area contributed by atoms with Crippen LogP contribution in [0.2, 0.25) is 0 Å². The van der Waals surface area contributed by atoms with Crippen LogP contribution in [0.25, 0.3) is 33.3 Å². The van der Waals surface area contributed by atoms with Gasteiger partial charge in [-0.1, -0.05) is 0 Å². The smallest absolute Gasteiger partial charge is 0.258 e. The average Bonchev–Trinajstić information content (AvgIpc) is 2.90. The van der Waals surface area contributed by atoms with Crippen LogP contribution in [-0.2, 0) is 0 Å². The van der Waals surface area contributed by atoms with Crippen molar-refractivity contribution in [3.8, 4) is 11.4 Å². The van der Waals surface area contributed by atoms with Crippen molar-refractivity contribution in [2.45, 2.75) is 0 Å². The topological polar surface area (TPSA) is 87.3 Å². The Balaban J connectivity index is 2.02. The van der Waals surface area contributed by atoms with Gasteiger partial charge in [0.25, 0.3) is 5.56 Å². The Morgan fingerprint density at radius 3 is 2.75 bits per heavy atom. The molecule has 0 spiro atoms. The second kappa shape index (κ2) is 3.99. The molecule has 0 saturated carbocycles. The number of H-pyrrole nitrogens is 2. The summed E-state index contributed by atoms with van der Waals surface area (Å²) in [5.41, 5.74) is 3.01. The maximum atomic E-state index is 11.8. The predicted octanol–water partition coefficient (Wildman–Crippen LogP) is 1.86. The van der Waals surface area contributed by atoms with Gasteiger partial charge in [-0.3, -0.25) is 9.78 Å². The number of nitrogens with one attached hydrogen (secondary N) is 2. The molecular formula is C14H9N5O. The van der Waals surface area contributed by atoms with E-state index in [1.807, 2.05) is 12.1 Å². The van der Waals surface area contributed by atoms with Crippen LogP contribution in [0.3, 0.4) is 0 Å².